The third-order valence-corrected chi connectivity index (χ3v) is 5.56. The van der Waals surface area contributed by atoms with Crippen molar-refractivity contribution in [2.75, 3.05) is 11.8 Å². The van der Waals surface area contributed by atoms with E-state index < -0.39 is 37.6 Å². The molecule has 0 atom stereocenters. The number of benzene rings is 2. The fourth-order valence-electron chi connectivity index (χ4n) is 2.35. The van der Waals surface area contributed by atoms with E-state index in [4.69, 9.17) is 16.3 Å². The highest BCUT2D eigenvalue weighted by molar-refractivity contribution is 7.92. The maximum atomic E-state index is 13.0. The lowest BCUT2D eigenvalue weighted by Crippen LogP contribution is -2.21. The zero-order valence-corrected chi connectivity index (χ0v) is 17.6. The van der Waals surface area contributed by atoms with Gasteiger partial charge in [-0.3, -0.25) is 9.52 Å². The molecule has 9 nitrogen and oxygen atoms in total. The van der Waals surface area contributed by atoms with Gasteiger partial charge in [-0.15, -0.1) is 0 Å². The Labute approximate surface area is 184 Å². The van der Waals surface area contributed by atoms with Crippen LogP contribution in [0.4, 0.5) is 18.9 Å². The normalized spacial score (nSPS) is 11.7. The summed E-state index contributed by atoms with van der Waals surface area (Å²) in [6, 6.07) is 7.46. The van der Waals surface area contributed by atoms with Gasteiger partial charge in [0.1, 0.15) is 12.1 Å². The van der Waals surface area contributed by atoms with Crippen molar-refractivity contribution in [3.8, 4) is 11.8 Å². The third kappa shape index (κ3) is 5.42. The summed E-state index contributed by atoms with van der Waals surface area (Å²) in [5, 5.41) is 1.73. The van der Waals surface area contributed by atoms with Crippen LogP contribution >= 0.6 is 11.6 Å². The molecule has 0 saturated carbocycles. The number of anilines is 1. The molecular formula is C18H13ClF3N5O4S. The summed E-state index contributed by atoms with van der Waals surface area (Å²) in [5.74, 6) is -0.506. The summed E-state index contributed by atoms with van der Waals surface area (Å²) in [4.78, 5) is 22.2. The predicted octanol–water partition coefficient (Wildman–Crippen LogP) is 3.50. The number of aromatic nitrogens is 3. The topological polar surface area (TPSA) is 123 Å². The fourth-order valence-corrected chi connectivity index (χ4v) is 3.66. The van der Waals surface area contributed by atoms with Gasteiger partial charge in [-0.25, -0.2) is 13.4 Å². The molecule has 2 N–H and O–H groups in total. The van der Waals surface area contributed by atoms with Crippen LogP contribution in [-0.2, 0) is 16.2 Å². The average molecular weight is 488 g/mol. The molecule has 168 valence electrons. The molecule has 0 aliphatic rings. The summed E-state index contributed by atoms with van der Waals surface area (Å²) in [5.41, 5.74) is -1.21. The molecule has 0 bridgehead atoms. The van der Waals surface area contributed by atoms with E-state index in [0.717, 1.165) is 18.5 Å². The summed E-state index contributed by atoms with van der Waals surface area (Å²) < 4.78 is 71.5. The second-order valence-electron chi connectivity index (χ2n) is 6.04. The van der Waals surface area contributed by atoms with Crippen molar-refractivity contribution in [1.82, 2.24) is 20.3 Å². The first-order valence-electron chi connectivity index (χ1n) is 8.58. The Morgan fingerprint density at radius 3 is 2.41 bits per heavy atom. The molecule has 0 saturated heterocycles. The summed E-state index contributed by atoms with van der Waals surface area (Å²) in [6.45, 7) is 0. The SMILES string of the molecule is CNC(=O)c1ncnc(Oc2ccc(NS(=O)(=O)c3ccc(Cl)c(C(F)(F)F)c3)cc2)n1. The fraction of sp³-hybridized carbons (Fsp3) is 0.111. The van der Waals surface area contributed by atoms with Crippen LogP contribution in [-0.4, -0.2) is 36.3 Å². The van der Waals surface area contributed by atoms with Crippen LogP contribution < -0.4 is 14.8 Å². The Hall–Kier alpha value is -3.45. The first-order chi connectivity index (χ1) is 15.0. The van der Waals surface area contributed by atoms with Gasteiger partial charge in [-0.1, -0.05) is 11.6 Å². The minimum atomic E-state index is -4.81. The highest BCUT2D eigenvalue weighted by Gasteiger charge is 2.34. The van der Waals surface area contributed by atoms with Crippen molar-refractivity contribution in [3.63, 3.8) is 0 Å². The molecule has 0 spiro atoms. The van der Waals surface area contributed by atoms with Crippen molar-refractivity contribution in [2.24, 2.45) is 0 Å². The molecule has 3 aromatic rings. The quantitative estimate of drug-likeness (QED) is 0.545. The first kappa shape index (κ1) is 23.2. The average Bonchev–Trinajstić information content (AvgIpc) is 2.74. The van der Waals surface area contributed by atoms with Crippen molar-refractivity contribution >= 4 is 33.2 Å². The largest absolute Gasteiger partial charge is 0.424 e. The summed E-state index contributed by atoms with van der Waals surface area (Å²) >= 11 is 5.52. The summed E-state index contributed by atoms with van der Waals surface area (Å²) in [6.07, 6.45) is -3.73. The lowest BCUT2D eigenvalue weighted by Gasteiger charge is -2.13. The number of hydrogen-bond acceptors (Lipinski definition) is 7. The Balaban J connectivity index is 1.77. The van der Waals surface area contributed by atoms with Gasteiger partial charge in [0.2, 0.25) is 5.82 Å². The van der Waals surface area contributed by atoms with Gasteiger partial charge in [0.25, 0.3) is 15.9 Å². The minimum absolute atomic E-state index is 0.0579. The van der Waals surface area contributed by atoms with E-state index in [-0.39, 0.29) is 23.3 Å². The number of nitrogens with zero attached hydrogens (tertiary/aromatic N) is 3. The second kappa shape index (κ2) is 8.96. The van der Waals surface area contributed by atoms with Gasteiger partial charge in [-0.2, -0.15) is 23.1 Å². The van der Waals surface area contributed by atoms with Crippen LogP contribution in [0, 0.1) is 0 Å². The van der Waals surface area contributed by atoms with Crippen LogP contribution in [0.25, 0.3) is 0 Å². The second-order valence-corrected chi connectivity index (χ2v) is 8.13. The number of hydrogen-bond donors (Lipinski definition) is 2. The Bertz CT molecular complexity index is 1250. The van der Waals surface area contributed by atoms with Gasteiger partial charge in [0.15, 0.2) is 0 Å². The number of rotatable bonds is 6. The van der Waals surface area contributed by atoms with Gasteiger partial charge in [-0.05, 0) is 42.5 Å². The number of halogens is 4. The third-order valence-electron chi connectivity index (χ3n) is 3.85. The number of nitrogens with one attached hydrogen (secondary N) is 2. The number of ether oxygens (including phenoxy) is 1. The summed E-state index contributed by atoms with van der Waals surface area (Å²) in [7, 11) is -2.93. The van der Waals surface area contributed by atoms with Gasteiger partial charge in [0.05, 0.1) is 15.5 Å². The van der Waals surface area contributed by atoms with E-state index >= 15 is 0 Å². The van der Waals surface area contributed by atoms with Gasteiger partial charge < -0.3 is 10.1 Å². The highest BCUT2D eigenvalue weighted by Crippen LogP contribution is 2.36. The van der Waals surface area contributed by atoms with E-state index in [0.29, 0.717) is 6.07 Å². The van der Waals surface area contributed by atoms with E-state index in [1.807, 2.05) is 0 Å². The van der Waals surface area contributed by atoms with Gasteiger partial charge >= 0.3 is 12.2 Å². The predicted molar refractivity (Wildman–Crippen MR) is 107 cm³/mol. The molecule has 1 amide bonds. The number of alkyl halides is 3. The number of carbonyl (C=O) groups is 1. The molecule has 2 aromatic carbocycles. The smallest absolute Gasteiger partial charge is 0.417 e. The zero-order chi connectivity index (χ0) is 23.5. The maximum Gasteiger partial charge on any atom is 0.417 e. The van der Waals surface area contributed by atoms with Crippen LogP contribution in [0.2, 0.25) is 5.02 Å². The van der Waals surface area contributed by atoms with Crippen molar-refractivity contribution < 1.29 is 31.1 Å². The molecule has 32 heavy (non-hydrogen) atoms. The van der Waals surface area contributed by atoms with E-state index in [9.17, 15) is 26.4 Å². The molecule has 0 fully saturated rings. The van der Waals surface area contributed by atoms with Crippen LogP contribution in [0.3, 0.4) is 0 Å². The van der Waals surface area contributed by atoms with Crippen LogP contribution in [0.5, 0.6) is 11.8 Å². The van der Waals surface area contributed by atoms with E-state index in [1.54, 1.807) is 0 Å². The molecule has 14 heteroatoms. The molecule has 1 heterocycles. The number of amides is 1. The van der Waals surface area contributed by atoms with Crippen molar-refractivity contribution in [3.05, 3.63) is 65.2 Å². The lowest BCUT2D eigenvalue weighted by atomic mass is 10.2. The van der Waals surface area contributed by atoms with Crippen molar-refractivity contribution in [2.45, 2.75) is 11.1 Å². The Morgan fingerprint density at radius 2 is 1.78 bits per heavy atom. The molecule has 0 aliphatic carbocycles. The maximum absolute atomic E-state index is 13.0. The number of sulfonamides is 1. The number of carbonyl (C=O) groups excluding carboxylic acids is 1. The standard InChI is InChI=1S/C18H13ClF3N5O4S/c1-23-16(28)15-24-9-25-17(26-15)31-11-4-2-10(3-5-11)27-32(29,30)12-6-7-14(19)13(8-12)18(20,21)22/h2-9,27H,1H3,(H,23,28). The molecule has 0 radical (unpaired) electrons. The monoisotopic (exact) mass is 487 g/mol. The van der Waals surface area contributed by atoms with Crippen LogP contribution in [0.1, 0.15) is 16.2 Å². The van der Waals surface area contributed by atoms with Crippen LogP contribution in [0.15, 0.2) is 53.7 Å². The first-order valence-corrected chi connectivity index (χ1v) is 10.4. The lowest BCUT2D eigenvalue weighted by molar-refractivity contribution is -0.137. The molecule has 0 unspecified atom stereocenters. The molecule has 0 aliphatic heterocycles. The Morgan fingerprint density at radius 1 is 1.09 bits per heavy atom. The molecule has 3 rings (SSSR count). The van der Waals surface area contributed by atoms with Gasteiger partial charge in [0, 0.05) is 12.7 Å². The minimum Gasteiger partial charge on any atom is -0.424 e. The Kier molecular flexibility index (Phi) is 6.50. The van der Waals surface area contributed by atoms with E-state index in [1.165, 1.54) is 31.3 Å². The zero-order valence-electron chi connectivity index (χ0n) is 16.0. The van der Waals surface area contributed by atoms with E-state index in [2.05, 4.69) is 25.0 Å². The molecular weight excluding hydrogens is 475 g/mol. The molecule has 1 aromatic heterocycles. The van der Waals surface area contributed by atoms with Crippen molar-refractivity contribution in [1.29, 1.82) is 0 Å². The highest BCUT2D eigenvalue weighted by atomic mass is 35.5.